The molecule has 2 fully saturated rings. The van der Waals surface area contributed by atoms with Gasteiger partial charge in [0, 0.05) is 24.1 Å². The highest BCUT2D eigenvalue weighted by Crippen LogP contribution is 2.24. The highest BCUT2D eigenvalue weighted by molar-refractivity contribution is 7.99. The van der Waals surface area contributed by atoms with Gasteiger partial charge in [-0.05, 0) is 13.0 Å². The van der Waals surface area contributed by atoms with E-state index in [1.807, 2.05) is 0 Å². The van der Waals surface area contributed by atoms with E-state index < -0.39 is 5.97 Å². The number of nitrogens with zero attached hydrogens (tertiary/aromatic N) is 1. The van der Waals surface area contributed by atoms with Crippen LogP contribution in [0.4, 0.5) is 0 Å². The minimum Gasteiger partial charge on any atom is -0.481 e. The van der Waals surface area contributed by atoms with E-state index in [2.05, 4.69) is 12.2 Å². The Kier molecular flexibility index (Phi) is 6.32. The van der Waals surface area contributed by atoms with Gasteiger partial charge in [-0.15, -0.1) is 0 Å². The van der Waals surface area contributed by atoms with Gasteiger partial charge in [0.1, 0.15) is 0 Å². The quantitative estimate of drug-likeness (QED) is 0.739. The molecule has 3 atom stereocenters. The van der Waals surface area contributed by atoms with Crippen LogP contribution in [0.15, 0.2) is 0 Å². The van der Waals surface area contributed by atoms with Gasteiger partial charge in [-0.3, -0.25) is 9.59 Å². The second kappa shape index (κ2) is 8.00. The van der Waals surface area contributed by atoms with Crippen LogP contribution < -0.4 is 5.32 Å². The van der Waals surface area contributed by atoms with Crippen LogP contribution in [-0.4, -0.2) is 71.8 Å². The normalized spacial score (nSPS) is 29.6. The van der Waals surface area contributed by atoms with Gasteiger partial charge in [0.2, 0.25) is 5.91 Å². The van der Waals surface area contributed by atoms with Crippen molar-refractivity contribution < 1.29 is 19.4 Å². The number of ether oxygens (including phenoxy) is 1. The van der Waals surface area contributed by atoms with E-state index in [1.54, 1.807) is 16.7 Å². The number of hydrogen-bond donors (Lipinski definition) is 2. The number of thioether (sulfide) groups is 1. The van der Waals surface area contributed by atoms with E-state index in [0.717, 1.165) is 18.7 Å². The highest BCUT2D eigenvalue weighted by Gasteiger charge is 2.39. The first-order valence-electron chi connectivity index (χ1n) is 7.54. The van der Waals surface area contributed by atoms with E-state index in [0.29, 0.717) is 25.5 Å². The van der Waals surface area contributed by atoms with Crippen molar-refractivity contribution in [3.63, 3.8) is 0 Å². The zero-order valence-electron chi connectivity index (χ0n) is 12.4. The minimum absolute atomic E-state index is 0.0272. The molecule has 0 saturated carbocycles. The average molecular weight is 316 g/mol. The maximum absolute atomic E-state index is 12.8. The molecule has 7 heteroatoms. The van der Waals surface area contributed by atoms with Crippen LogP contribution >= 0.6 is 11.8 Å². The number of carboxylic acids is 1. The number of amides is 1. The third-order valence-corrected chi connectivity index (χ3v) is 5.07. The third-order valence-electron chi connectivity index (χ3n) is 3.98. The third kappa shape index (κ3) is 4.34. The van der Waals surface area contributed by atoms with Crippen molar-refractivity contribution in [2.75, 3.05) is 37.8 Å². The van der Waals surface area contributed by atoms with Crippen LogP contribution in [-0.2, 0) is 14.3 Å². The molecule has 2 heterocycles. The highest BCUT2D eigenvalue weighted by atomic mass is 32.2. The Morgan fingerprint density at radius 3 is 2.95 bits per heavy atom. The number of aliphatic carboxylic acids is 1. The molecule has 6 nitrogen and oxygen atoms in total. The van der Waals surface area contributed by atoms with Gasteiger partial charge in [0.15, 0.2) is 0 Å². The van der Waals surface area contributed by atoms with Gasteiger partial charge >= 0.3 is 5.97 Å². The predicted molar refractivity (Wildman–Crippen MR) is 81.5 cm³/mol. The number of carboxylic acid groups (broad SMARTS) is 1. The lowest BCUT2D eigenvalue weighted by molar-refractivity contribution is -0.142. The Bertz CT molecular complexity index is 380. The van der Waals surface area contributed by atoms with Crippen LogP contribution in [0.3, 0.4) is 0 Å². The monoisotopic (exact) mass is 316 g/mol. The molecule has 0 aliphatic carbocycles. The lowest BCUT2D eigenvalue weighted by Crippen LogP contribution is -2.53. The first kappa shape index (κ1) is 16.6. The number of rotatable bonds is 6. The van der Waals surface area contributed by atoms with E-state index in [-0.39, 0.29) is 30.3 Å². The van der Waals surface area contributed by atoms with Gasteiger partial charge in [0.05, 0.1) is 31.6 Å². The molecular formula is C14H24N2O4S. The van der Waals surface area contributed by atoms with Crippen molar-refractivity contribution in [1.29, 1.82) is 0 Å². The van der Waals surface area contributed by atoms with Crippen LogP contribution in [0, 0.1) is 5.92 Å². The molecule has 21 heavy (non-hydrogen) atoms. The summed E-state index contributed by atoms with van der Waals surface area (Å²) >= 11 is 1.72. The first-order chi connectivity index (χ1) is 10.1. The summed E-state index contributed by atoms with van der Waals surface area (Å²) in [6, 6.07) is -0.140. The lowest BCUT2D eigenvalue weighted by atomic mass is 10.00. The van der Waals surface area contributed by atoms with E-state index >= 15 is 0 Å². The van der Waals surface area contributed by atoms with Crippen LogP contribution in [0.25, 0.3) is 0 Å². The molecule has 0 bridgehead atoms. The van der Waals surface area contributed by atoms with Gasteiger partial charge in [-0.2, -0.15) is 11.8 Å². The average Bonchev–Trinajstić information content (AvgIpc) is 2.92. The molecule has 2 N–H and O–H groups in total. The Morgan fingerprint density at radius 2 is 2.24 bits per heavy atom. The van der Waals surface area contributed by atoms with E-state index in [4.69, 9.17) is 9.84 Å². The Hall–Kier alpha value is -0.790. The fourth-order valence-corrected chi connectivity index (χ4v) is 3.92. The second-order valence-electron chi connectivity index (χ2n) is 5.56. The molecule has 0 aromatic heterocycles. The Balaban J connectivity index is 2.00. The fraction of sp³-hybridized carbons (Fsp3) is 0.857. The standard InChI is InChI=1S/C14H24N2O4S/c1-2-3-15-12-8-20-7-11(12)14(19)16-4-5-21-9-10(16)6-13(17)18/h10-12,15H,2-9H2,1H3,(H,17,18). The smallest absolute Gasteiger partial charge is 0.305 e. The predicted octanol–water partition coefficient (Wildman–Crippen LogP) is 0.420. The van der Waals surface area contributed by atoms with Gasteiger partial charge in [-0.25, -0.2) is 0 Å². The van der Waals surface area contributed by atoms with Crippen molar-refractivity contribution in [2.45, 2.75) is 31.8 Å². The first-order valence-corrected chi connectivity index (χ1v) is 8.70. The molecule has 2 saturated heterocycles. The summed E-state index contributed by atoms with van der Waals surface area (Å²) < 4.78 is 5.46. The topological polar surface area (TPSA) is 78.9 Å². The lowest BCUT2D eigenvalue weighted by Gasteiger charge is -2.37. The molecule has 0 aromatic carbocycles. The zero-order chi connectivity index (χ0) is 15.2. The largest absolute Gasteiger partial charge is 0.481 e. The molecule has 2 aliphatic rings. The number of carbonyl (C=O) groups is 2. The van der Waals surface area contributed by atoms with Gasteiger partial charge < -0.3 is 20.1 Å². The summed E-state index contributed by atoms with van der Waals surface area (Å²) in [6.07, 6.45) is 1.04. The summed E-state index contributed by atoms with van der Waals surface area (Å²) in [5.74, 6) is 0.605. The van der Waals surface area contributed by atoms with E-state index in [1.165, 1.54) is 0 Å². The summed E-state index contributed by atoms with van der Waals surface area (Å²) in [5.41, 5.74) is 0. The summed E-state index contributed by atoms with van der Waals surface area (Å²) in [5, 5.41) is 12.4. The van der Waals surface area contributed by atoms with Gasteiger partial charge in [0.25, 0.3) is 0 Å². The zero-order valence-corrected chi connectivity index (χ0v) is 13.2. The van der Waals surface area contributed by atoms with Crippen molar-refractivity contribution >= 4 is 23.6 Å². The Morgan fingerprint density at radius 1 is 1.43 bits per heavy atom. The summed E-state index contributed by atoms with van der Waals surface area (Å²) in [6.45, 7) is 4.58. The molecule has 2 rings (SSSR count). The van der Waals surface area contributed by atoms with E-state index in [9.17, 15) is 9.59 Å². The van der Waals surface area contributed by atoms with Crippen LogP contribution in [0.2, 0.25) is 0 Å². The summed E-state index contributed by atoms with van der Waals surface area (Å²) in [4.78, 5) is 25.5. The van der Waals surface area contributed by atoms with Crippen LogP contribution in [0.1, 0.15) is 19.8 Å². The maximum Gasteiger partial charge on any atom is 0.305 e. The minimum atomic E-state index is -0.844. The molecular weight excluding hydrogens is 292 g/mol. The molecule has 3 unspecified atom stereocenters. The van der Waals surface area contributed by atoms with Crippen molar-refractivity contribution in [3.05, 3.63) is 0 Å². The number of nitrogens with one attached hydrogen (secondary N) is 1. The molecule has 0 spiro atoms. The van der Waals surface area contributed by atoms with Crippen molar-refractivity contribution in [3.8, 4) is 0 Å². The second-order valence-corrected chi connectivity index (χ2v) is 6.71. The number of carbonyl (C=O) groups excluding carboxylic acids is 1. The van der Waals surface area contributed by atoms with Gasteiger partial charge in [-0.1, -0.05) is 6.92 Å². The van der Waals surface area contributed by atoms with Crippen molar-refractivity contribution in [2.24, 2.45) is 5.92 Å². The fourth-order valence-electron chi connectivity index (χ4n) is 2.86. The molecule has 120 valence electrons. The molecule has 0 aromatic rings. The molecule has 1 amide bonds. The van der Waals surface area contributed by atoms with Crippen LogP contribution in [0.5, 0.6) is 0 Å². The number of hydrogen-bond acceptors (Lipinski definition) is 5. The summed E-state index contributed by atoms with van der Waals surface area (Å²) in [7, 11) is 0. The Labute approximate surface area is 129 Å². The maximum atomic E-state index is 12.8. The molecule has 0 radical (unpaired) electrons. The van der Waals surface area contributed by atoms with Crippen molar-refractivity contribution in [1.82, 2.24) is 10.2 Å². The molecule has 2 aliphatic heterocycles. The SMILES string of the molecule is CCCNC1COCC1C(=O)N1CCSCC1CC(=O)O.